The summed E-state index contributed by atoms with van der Waals surface area (Å²) in [6, 6.07) is 0.481. The lowest BCUT2D eigenvalue weighted by Gasteiger charge is -2.21. The molecule has 108 valence electrons. The largest absolute Gasteiger partial charge is 0.307 e. The van der Waals surface area contributed by atoms with E-state index >= 15 is 0 Å². The second-order valence-corrected chi connectivity index (χ2v) is 5.83. The third-order valence-corrected chi connectivity index (χ3v) is 4.29. The average Bonchev–Trinajstić information content (AvgIpc) is 2.97. The molecule has 1 aromatic rings. The topological polar surface area (TPSA) is 33.1 Å². The van der Waals surface area contributed by atoms with Crippen LogP contribution in [0.15, 0.2) is 0 Å². The summed E-state index contributed by atoms with van der Waals surface area (Å²) in [5, 5.41) is 8.82. The van der Waals surface area contributed by atoms with Crippen molar-refractivity contribution in [3.8, 4) is 0 Å². The number of hydrogen-bond acceptors (Lipinski definition) is 3. The highest BCUT2D eigenvalue weighted by Crippen LogP contribution is 2.20. The molecule has 2 rings (SSSR count). The van der Waals surface area contributed by atoms with Gasteiger partial charge in [0, 0.05) is 25.7 Å². The van der Waals surface area contributed by atoms with Crippen LogP contribution in [0.2, 0.25) is 5.02 Å². The van der Waals surface area contributed by atoms with E-state index in [1.807, 2.05) is 11.6 Å². The Kier molecular flexibility index (Phi) is 5.25. The highest BCUT2D eigenvalue weighted by atomic mass is 35.5. The second kappa shape index (κ2) is 6.73. The summed E-state index contributed by atoms with van der Waals surface area (Å²) in [6.07, 6.45) is 2.70. The van der Waals surface area contributed by atoms with E-state index in [2.05, 4.69) is 29.2 Å². The highest BCUT2D eigenvalue weighted by molar-refractivity contribution is 6.31. The lowest BCUT2D eigenvalue weighted by Crippen LogP contribution is -2.37. The minimum absolute atomic E-state index is 0.481. The monoisotopic (exact) mass is 284 g/mol. The number of likely N-dealkylation sites (tertiary alicyclic amines) is 1. The van der Waals surface area contributed by atoms with Gasteiger partial charge in [-0.05, 0) is 46.7 Å². The first-order valence-electron chi connectivity index (χ1n) is 7.29. The zero-order valence-electron chi connectivity index (χ0n) is 12.2. The Labute approximate surface area is 121 Å². The van der Waals surface area contributed by atoms with Gasteiger partial charge in [-0.15, -0.1) is 0 Å². The van der Waals surface area contributed by atoms with Crippen molar-refractivity contribution >= 4 is 11.6 Å². The average molecular weight is 285 g/mol. The van der Waals surface area contributed by atoms with Crippen molar-refractivity contribution < 1.29 is 0 Å². The first kappa shape index (κ1) is 14.8. The molecular weight excluding hydrogens is 260 g/mol. The molecule has 1 unspecified atom stereocenters. The summed E-state index contributed by atoms with van der Waals surface area (Å²) in [5.74, 6) is 0. The van der Waals surface area contributed by atoms with Crippen molar-refractivity contribution in [1.82, 2.24) is 20.0 Å². The SMILES string of the molecule is CCn1nc(C)c(Cl)c1CNC(C)CN1CCCC1. The van der Waals surface area contributed by atoms with Crippen LogP contribution in [0.3, 0.4) is 0 Å². The number of aromatic nitrogens is 2. The number of halogens is 1. The van der Waals surface area contributed by atoms with Gasteiger partial charge < -0.3 is 10.2 Å². The van der Waals surface area contributed by atoms with Gasteiger partial charge in [-0.3, -0.25) is 4.68 Å². The normalized spacial score (nSPS) is 18.1. The van der Waals surface area contributed by atoms with Crippen molar-refractivity contribution in [2.45, 2.75) is 52.7 Å². The molecule has 0 radical (unpaired) electrons. The zero-order valence-corrected chi connectivity index (χ0v) is 13.0. The molecule has 1 N–H and O–H groups in total. The van der Waals surface area contributed by atoms with Crippen LogP contribution >= 0.6 is 11.6 Å². The van der Waals surface area contributed by atoms with Crippen LogP contribution in [0.25, 0.3) is 0 Å². The smallest absolute Gasteiger partial charge is 0.0860 e. The molecule has 19 heavy (non-hydrogen) atoms. The van der Waals surface area contributed by atoms with E-state index in [9.17, 15) is 0 Å². The van der Waals surface area contributed by atoms with Crippen LogP contribution in [-0.4, -0.2) is 40.4 Å². The zero-order chi connectivity index (χ0) is 13.8. The predicted octanol–water partition coefficient (Wildman–Crippen LogP) is 2.44. The van der Waals surface area contributed by atoms with Crippen molar-refractivity contribution in [2.75, 3.05) is 19.6 Å². The first-order valence-corrected chi connectivity index (χ1v) is 7.67. The van der Waals surface area contributed by atoms with E-state index in [0.29, 0.717) is 6.04 Å². The molecule has 1 aliphatic heterocycles. The fourth-order valence-electron chi connectivity index (χ4n) is 2.73. The Morgan fingerprint density at radius 2 is 2.05 bits per heavy atom. The Balaban J connectivity index is 1.87. The molecule has 0 spiro atoms. The number of nitrogens with one attached hydrogen (secondary N) is 1. The van der Waals surface area contributed by atoms with Gasteiger partial charge in [-0.1, -0.05) is 11.6 Å². The van der Waals surface area contributed by atoms with Gasteiger partial charge in [-0.25, -0.2) is 0 Å². The molecule has 0 bridgehead atoms. The third-order valence-electron chi connectivity index (χ3n) is 3.80. The molecule has 2 heterocycles. The van der Waals surface area contributed by atoms with Gasteiger partial charge >= 0.3 is 0 Å². The van der Waals surface area contributed by atoms with E-state index < -0.39 is 0 Å². The molecule has 1 atom stereocenters. The maximum Gasteiger partial charge on any atom is 0.0860 e. The molecule has 5 heteroatoms. The third kappa shape index (κ3) is 3.71. The number of aryl methyl sites for hydroxylation is 2. The molecule has 0 amide bonds. The molecule has 1 saturated heterocycles. The standard InChI is InChI=1S/C14H25ClN4/c1-4-19-13(14(15)12(3)17-19)9-16-11(2)10-18-7-5-6-8-18/h11,16H,4-10H2,1-3H3. The Morgan fingerprint density at radius 1 is 1.37 bits per heavy atom. The van der Waals surface area contributed by atoms with Crippen LogP contribution in [0, 0.1) is 6.92 Å². The number of nitrogens with zero attached hydrogens (tertiary/aromatic N) is 3. The Bertz CT molecular complexity index is 410. The lowest BCUT2D eigenvalue weighted by atomic mass is 10.3. The van der Waals surface area contributed by atoms with Gasteiger partial charge in [0.2, 0.25) is 0 Å². The molecule has 1 aliphatic rings. The Morgan fingerprint density at radius 3 is 2.68 bits per heavy atom. The van der Waals surface area contributed by atoms with Crippen molar-refractivity contribution in [2.24, 2.45) is 0 Å². The molecule has 0 aromatic carbocycles. The van der Waals surface area contributed by atoms with Crippen LogP contribution in [0.4, 0.5) is 0 Å². The highest BCUT2D eigenvalue weighted by Gasteiger charge is 2.16. The predicted molar refractivity (Wildman–Crippen MR) is 79.6 cm³/mol. The summed E-state index contributed by atoms with van der Waals surface area (Å²) in [7, 11) is 0. The molecule has 0 saturated carbocycles. The fraction of sp³-hybridized carbons (Fsp3) is 0.786. The minimum atomic E-state index is 0.481. The van der Waals surface area contributed by atoms with Crippen LogP contribution in [-0.2, 0) is 13.1 Å². The second-order valence-electron chi connectivity index (χ2n) is 5.45. The summed E-state index contributed by atoms with van der Waals surface area (Å²) in [4.78, 5) is 2.53. The van der Waals surface area contributed by atoms with Gasteiger partial charge in [0.15, 0.2) is 0 Å². The summed E-state index contributed by atoms with van der Waals surface area (Å²) in [5.41, 5.74) is 2.03. The molecule has 1 aromatic heterocycles. The van der Waals surface area contributed by atoms with Crippen molar-refractivity contribution in [1.29, 1.82) is 0 Å². The van der Waals surface area contributed by atoms with Crippen molar-refractivity contribution in [3.05, 3.63) is 16.4 Å². The molecule has 0 aliphatic carbocycles. The molecule has 1 fully saturated rings. The Hall–Kier alpha value is -0.580. The number of hydrogen-bond donors (Lipinski definition) is 1. The summed E-state index contributed by atoms with van der Waals surface area (Å²) < 4.78 is 1.99. The maximum absolute atomic E-state index is 6.31. The number of rotatable bonds is 6. The van der Waals surface area contributed by atoms with E-state index in [1.54, 1.807) is 0 Å². The van der Waals surface area contributed by atoms with E-state index in [-0.39, 0.29) is 0 Å². The van der Waals surface area contributed by atoms with E-state index in [4.69, 9.17) is 11.6 Å². The molecular formula is C14H25ClN4. The minimum Gasteiger partial charge on any atom is -0.307 e. The summed E-state index contributed by atoms with van der Waals surface area (Å²) in [6.45, 7) is 11.6. The summed E-state index contributed by atoms with van der Waals surface area (Å²) >= 11 is 6.31. The van der Waals surface area contributed by atoms with Gasteiger partial charge in [0.25, 0.3) is 0 Å². The van der Waals surface area contributed by atoms with E-state index in [1.165, 1.54) is 25.9 Å². The van der Waals surface area contributed by atoms with Crippen LogP contribution in [0.1, 0.15) is 38.1 Å². The fourth-order valence-corrected chi connectivity index (χ4v) is 2.93. The molecule has 4 nitrogen and oxygen atoms in total. The van der Waals surface area contributed by atoms with Crippen LogP contribution in [0.5, 0.6) is 0 Å². The van der Waals surface area contributed by atoms with Gasteiger partial charge in [0.05, 0.1) is 16.4 Å². The van der Waals surface area contributed by atoms with Gasteiger partial charge in [-0.2, -0.15) is 5.10 Å². The quantitative estimate of drug-likeness (QED) is 0.871. The maximum atomic E-state index is 6.31. The van der Waals surface area contributed by atoms with Crippen LogP contribution < -0.4 is 5.32 Å². The first-order chi connectivity index (χ1) is 9.11. The lowest BCUT2D eigenvalue weighted by molar-refractivity contribution is 0.297. The van der Waals surface area contributed by atoms with Gasteiger partial charge in [0.1, 0.15) is 0 Å². The van der Waals surface area contributed by atoms with E-state index in [0.717, 1.165) is 36.0 Å². The van der Waals surface area contributed by atoms with Crippen molar-refractivity contribution in [3.63, 3.8) is 0 Å².